The summed E-state index contributed by atoms with van der Waals surface area (Å²) in [5.41, 5.74) is 5.56. The van der Waals surface area contributed by atoms with Crippen molar-refractivity contribution in [2.75, 3.05) is 53.7 Å². The second-order valence-electron chi connectivity index (χ2n) is 2.79. The highest BCUT2D eigenvalue weighted by Crippen LogP contribution is 1.78. The number of nitrogens with two attached hydrogens (primary N) is 1. The van der Waals surface area contributed by atoms with Crippen LogP contribution in [0.4, 0.5) is 0 Å². The molecule has 0 unspecified atom stereocenters. The summed E-state index contributed by atoms with van der Waals surface area (Å²) in [5.74, 6) is 0.419. The Morgan fingerprint density at radius 1 is 1.13 bits per heavy atom. The van der Waals surface area contributed by atoms with Gasteiger partial charge in [0.2, 0.25) is 0 Å². The van der Waals surface area contributed by atoms with Crippen molar-refractivity contribution >= 4 is 5.96 Å². The summed E-state index contributed by atoms with van der Waals surface area (Å²) in [4.78, 5) is 4.06. The summed E-state index contributed by atoms with van der Waals surface area (Å²) in [6.45, 7) is 3.57. The second kappa shape index (κ2) is 11.2. The average Bonchev–Trinajstić information content (AvgIpc) is 2.23. The molecule has 0 aromatic rings. The van der Waals surface area contributed by atoms with Crippen LogP contribution in [-0.4, -0.2) is 59.7 Å². The molecule has 0 atom stereocenters. The van der Waals surface area contributed by atoms with Crippen molar-refractivity contribution in [1.29, 1.82) is 0 Å². The molecule has 15 heavy (non-hydrogen) atoms. The largest absolute Gasteiger partial charge is 0.383 e. The van der Waals surface area contributed by atoms with Crippen LogP contribution in [0.3, 0.4) is 0 Å². The molecular formula is C9H21N3O3. The fourth-order valence-corrected chi connectivity index (χ4v) is 0.812. The van der Waals surface area contributed by atoms with Gasteiger partial charge in [0.25, 0.3) is 0 Å². The Labute approximate surface area is 90.8 Å². The molecule has 90 valence electrons. The Morgan fingerprint density at radius 3 is 2.53 bits per heavy atom. The van der Waals surface area contributed by atoms with Gasteiger partial charge in [-0.2, -0.15) is 0 Å². The standard InChI is InChI=1S/C9H21N3O3/c1-13-5-3-11-9(10)12-4-6-15-8-7-14-2/h3-8H2,1-2H3,(H3,10,11,12). The third-order valence-electron chi connectivity index (χ3n) is 1.56. The van der Waals surface area contributed by atoms with Crippen LogP contribution in [0.2, 0.25) is 0 Å². The lowest BCUT2D eigenvalue weighted by Crippen LogP contribution is -2.34. The molecule has 0 heterocycles. The van der Waals surface area contributed by atoms with Gasteiger partial charge in [0.05, 0.1) is 33.0 Å². The smallest absolute Gasteiger partial charge is 0.188 e. The molecule has 0 spiro atoms. The average molecular weight is 219 g/mol. The van der Waals surface area contributed by atoms with Crippen LogP contribution >= 0.6 is 0 Å². The Balaban J connectivity index is 3.25. The molecule has 0 bridgehead atoms. The second-order valence-corrected chi connectivity index (χ2v) is 2.79. The van der Waals surface area contributed by atoms with Gasteiger partial charge < -0.3 is 25.3 Å². The van der Waals surface area contributed by atoms with Crippen LogP contribution in [0.25, 0.3) is 0 Å². The van der Waals surface area contributed by atoms with E-state index < -0.39 is 0 Å². The molecule has 0 rings (SSSR count). The predicted molar refractivity (Wildman–Crippen MR) is 59.1 cm³/mol. The maximum atomic E-state index is 5.56. The van der Waals surface area contributed by atoms with Crippen LogP contribution in [-0.2, 0) is 14.2 Å². The maximum Gasteiger partial charge on any atom is 0.188 e. The summed E-state index contributed by atoms with van der Waals surface area (Å²) in [7, 11) is 3.28. The minimum atomic E-state index is 0.419. The molecule has 0 radical (unpaired) electrons. The van der Waals surface area contributed by atoms with Crippen LogP contribution in [0, 0.1) is 0 Å². The Hall–Kier alpha value is -0.850. The van der Waals surface area contributed by atoms with Gasteiger partial charge >= 0.3 is 0 Å². The van der Waals surface area contributed by atoms with E-state index in [1.54, 1.807) is 14.2 Å². The van der Waals surface area contributed by atoms with E-state index in [4.69, 9.17) is 19.9 Å². The normalized spacial score (nSPS) is 11.7. The van der Waals surface area contributed by atoms with E-state index in [1.807, 2.05) is 0 Å². The van der Waals surface area contributed by atoms with Gasteiger partial charge in [0.15, 0.2) is 5.96 Å². The van der Waals surface area contributed by atoms with E-state index in [0.717, 1.165) is 0 Å². The molecule has 0 aliphatic heterocycles. The highest BCUT2D eigenvalue weighted by molar-refractivity contribution is 5.77. The Bertz CT molecular complexity index is 165. The zero-order chi connectivity index (χ0) is 11.4. The summed E-state index contributed by atoms with van der Waals surface area (Å²) >= 11 is 0. The summed E-state index contributed by atoms with van der Waals surface area (Å²) in [6.07, 6.45) is 0. The van der Waals surface area contributed by atoms with Crippen LogP contribution in [0.1, 0.15) is 0 Å². The van der Waals surface area contributed by atoms with Gasteiger partial charge in [-0.15, -0.1) is 0 Å². The third-order valence-corrected chi connectivity index (χ3v) is 1.56. The molecule has 0 aliphatic carbocycles. The number of ether oxygens (including phenoxy) is 3. The molecule has 0 aromatic carbocycles. The number of nitrogens with zero attached hydrogens (tertiary/aromatic N) is 1. The van der Waals surface area contributed by atoms with Crippen molar-refractivity contribution < 1.29 is 14.2 Å². The lowest BCUT2D eigenvalue weighted by atomic mass is 10.6. The van der Waals surface area contributed by atoms with Crippen molar-refractivity contribution in [3.8, 4) is 0 Å². The number of methoxy groups -OCH3 is 2. The van der Waals surface area contributed by atoms with Gasteiger partial charge in [-0.25, -0.2) is 0 Å². The molecular weight excluding hydrogens is 198 g/mol. The SMILES string of the molecule is COCCNC(N)=NCCOCCOC. The molecule has 0 saturated heterocycles. The van der Waals surface area contributed by atoms with Crippen molar-refractivity contribution in [2.45, 2.75) is 0 Å². The zero-order valence-electron chi connectivity index (χ0n) is 9.49. The number of hydrogen-bond acceptors (Lipinski definition) is 4. The zero-order valence-corrected chi connectivity index (χ0v) is 9.49. The first-order chi connectivity index (χ1) is 7.31. The minimum absolute atomic E-state index is 0.419. The number of aliphatic imine (C=N–C) groups is 1. The van der Waals surface area contributed by atoms with E-state index in [9.17, 15) is 0 Å². The predicted octanol–water partition coefficient (Wildman–Crippen LogP) is -0.800. The minimum Gasteiger partial charge on any atom is -0.383 e. The fourth-order valence-electron chi connectivity index (χ4n) is 0.812. The van der Waals surface area contributed by atoms with Crippen LogP contribution in [0.5, 0.6) is 0 Å². The lowest BCUT2D eigenvalue weighted by Gasteiger charge is -2.04. The van der Waals surface area contributed by atoms with E-state index in [-0.39, 0.29) is 0 Å². The van der Waals surface area contributed by atoms with Crippen molar-refractivity contribution in [1.82, 2.24) is 5.32 Å². The summed E-state index contributed by atoms with van der Waals surface area (Å²) < 4.78 is 14.9. The summed E-state index contributed by atoms with van der Waals surface area (Å²) in [5, 5.41) is 2.91. The summed E-state index contributed by atoms with van der Waals surface area (Å²) in [6, 6.07) is 0. The molecule has 0 saturated carbocycles. The lowest BCUT2D eigenvalue weighted by molar-refractivity contribution is 0.0748. The first kappa shape index (κ1) is 14.2. The van der Waals surface area contributed by atoms with E-state index in [2.05, 4.69) is 10.3 Å². The van der Waals surface area contributed by atoms with Gasteiger partial charge in [0, 0.05) is 20.8 Å². The fraction of sp³-hybridized carbons (Fsp3) is 0.889. The first-order valence-electron chi connectivity index (χ1n) is 4.90. The van der Waals surface area contributed by atoms with Gasteiger partial charge in [0.1, 0.15) is 0 Å². The molecule has 0 fully saturated rings. The van der Waals surface area contributed by atoms with Crippen molar-refractivity contribution in [3.05, 3.63) is 0 Å². The monoisotopic (exact) mass is 219 g/mol. The maximum absolute atomic E-state index is 5.56. The quantitative estimate of drug-likeness (QED) is 0.301. The van der Waals surface area contributed by atoms with Crippen LogP contribution < -0.4 is 11.1 Å². The number of hydrogen-bond donors (Lipinski definition) is 2. The Morgan fingerprint density at radius 2 is 1.87 bits per heavy atom. The highest BCUT2D eigenvalue weighted by Gasteiger charge is 1.90. The van der Waals surface area contributed by atoms with Crippen molar-refractivity contribution in [2.24, 2.45) is 10.7 Å². The number of guanidine groups is 1. The molecule has 6 heteroatoms. The Kier molecular flexibility index (Phi) is 10.6. The van der Waals surface area contributed by atoms with E-state index >= 15 is 0 Å². The molecule has 0 aromatic heterocycles. The van der Waals surface area contributed by atoms with Gasteiger partial charge in [-0.1, -0.05) is 0 Å². The third kappa shape index (κ3) is 11.1. The molecule has 6 nitrogen and oxygen atoms in total. The number of rotatable bonds is 9. The highest BCUT2D eigenvalue weighted by atomic mass is 16.5. The molecule has 3 N–H and O–H groups in total. The molecule has 0 aliphatic rings. The number of nitrogens with one attached hydrogen (secondary N) is 1. The first-order valence-corrected chi connectivity index (χ1v) is 4.90. The van der Waals surface area contributed by atoms with Gasteiger partial charge in [-0.05, 0) is 0 Å². The topological polar surface area (TPSA) is 78.1 Å². The van der Waals surface area contributed by atoms with Crippen LogP contribution in [0.15, 0.2) is 4.99 Å². The van der Waals surface area contributed by atoms with E-state index in [1.165, 1.54) is 0 Å². The molecule has 0 amide bonds. The van der Waals surface area contributed by atoms with Gasteiger partial charge in [-0.3, -0.25) is 4.99 Å². The van der Waals surface area contributed by atoms with E-state index in [0.29, 0.717) is 45.5 Å². The van der Waals surface area contributed by atoms with Crippen molar-refractivity contribution in [3.63, 3.8) is 0 Å².